The number of ether oxygens (including phenoxy) is 1. The lowest BCUT2D eigenvalue weighted by atomic mass is 9.68. The lowest BCUT2D eigenvalue weighted by Gasteiger charge is -2.43. The van der Waals surface area contributed by atoms with Gasteiger partial charge in [0.05, 0.1) is 17.2 Å². The molecule has 0 unspecified atom stereocenters. The molecular weight excluding hydrogens is 450 g/mol. The van der Waals surface area contributed by atoms with E-state index in [1.165, 1.54) is 17.3 Å². The Bertz CT molecular complexity index is 1360. The number of benzene rings is 1. The van der Waals surface area contributed by atoms with Gasteiger partial charge in [-0.3, -0.25) is 4.79 Å². The van der Waals surface area contributed by atoms with E-state index in [9.17, 15) is 4.79 Å². The van der Waals surface area contributed by atoms with Crippen LogP contribution in [0.5, 0.6) is 5.75 Å². The summed E-state index contributed by atoms with van der Waals surface area (Å²) in [5.41, 5.74) is 12.2. The molecule has 2 fully saturated rings. The van der Waals surface area contributed by atoms with E-state index < -0.39 is 0 Å². The number of anilines is 1. The van der Waals surface area contributed by atoms with E-state index in [1.807, 2.05) is 4.90 Å². The Morgan fingerprint density at radius 1 is 1.17 bits per heavy atom. The first-order valence-electron chi connectivity index (χ1n) is 12.9. The lowest BCUT2D eigenvalue weighted by Crippen LogP contribution is -2.43. The molecule has 0 radical (unpaired) electrons. The zero-order chi connectivity index (χ0) is 24.9. The minimum absolute atomic E-state index is 0.0456. The smallest absolute Gasteiger partial charge is 0.245 e. The summed E-state index contributed by atoms with van der Waals surface area (Å²) in [4.78, 5) is 22.9. The predicted molar refractivity (Wildman–Crippen MR) is 142 cm³/mol. The molecule has 0 atom stereocenters. The molecule has 2 aliphatic carbocycles. The second-order valence-electron chi connectivity index (χ2n) is 10.5. The van der Waals surface area contributed by atoms with E-state index in [2.05, 4.69) is 58.5 Å². The van der Waals surface area contributed by atoms with Crippen LogP contribution in [0.15, 0.2) is 49.3 Å². The lowest BCUT2D eigenvalue weighted by molar-refractivity contribution is -0.128. The first-order chi connectivity index (χ1) is 17.5. The van der Waals surface area contributed by atoms with E-state index in [1.54, 1.807) is 6.33 Å². The summed E-state index contributed by atoms with van der Waals surface area (Å²) < 4.78 is 8.15. The van der Waals surface area contributed by atoms with Crippen LogP contribution in [0.1, 0.15) is 50.6 Å². The molecule has 3 heterocycles. The van der Waals surface area contributed by atoms with Crippen LogP contribution >= 0.6 is 0 Å². The maximum Gasteiger partial charge on any atom is 0.245 e. The summed E-state index contributed by atoms with van der Waals surface area (Å²) >= 11 is 0. The Morgan fingerprint density at radius 3 is 2.56 bits per heavy atom. The van der Waals surface area contributed by atoms with Crippen molar-refractivity contribution in [1.82, 2.24) is 19.4 Å². The molecule has 2 N–H and O–H groups in total. The number of nitrogens with two attached hydrogens (primary N) is 1. The number of amides is 1. The molecule has 1 saturated heterocycles. The minimum Gasteiger partial charge on any atom is -0.490 e. The number of carbonyl (C=O) groups is 1. The molecule has 1 aliphatic heterocycles. The fourth-order valence-electron chi connectivity index (χ4n) is 5.95. The third-order valence-corrected chi connectivity index (χ3v) is 8.29. The second-order valence-corrected chi connectivity index (χ2v) is 10.5. The van der Waals surface area contributed by atoms with Crippen LogP contribution in [-0.4, -0.2) is 44.5 Å². The van der Waals surface area contributed by atoms with Crippen molar-refractivity contribution in [2.75, 3.05) is 18.8 Å². The van der Waals surface area contributed by atoms with E-state index in [-0.39, 0.29) is 11.3 Å². The zero-order valence-corrected chi connectivity index (χ0v) is 20.9. The molecule has 1 amide bonds. The van der Waals surface area contributed by atoms with Gasteiger partial charge in [-0.15, -0.1) is 0 Å². The highest BCUT2D eigenvalue weighted by Crippen LogP contribution is 2.48. The van der Waals surface area contributed by atoms with Gasteiger partial charge >= 0.3 is 0 Å². The highest BCUT2D eigenvalue weighted by Gasteiger charge is 2.37. The first-order valence-corrected chi connectivity index (χ1v) is 12.9. The van der Waals surface area contributed by atoms with Gasteiger partial charge in [0.1, 0.15) is 23.5 Å². The van der Waals surface area contributed by atoms with Crippen molar-refractivity contribution in [3.63, 3.8) is 0 Å². The first kappa shape index (κ1) is 22.8. The number of fused-ring (bicyclic) bond motifs is 1. The predicted octanol–water partition coefficient (Wildman–Crippen LogP) is 5.12. The molecule has 7 nitrogen and oxygen atoms in total. The molecule has 3 aromatic rings. The van der Waals surface area contributed by atoms with E-state index in [4.69, 9.17) is 10.5 Å². The number of hydrogen-bond acceptors (Lipinski definition) is 5. The van der Waals surface area contributed by atoms with Crippen LogP contribution in [-0.2, 0) is 11.8 Å². The standard InChI is InChI=1S/C29H33N5O2/c1-3-23(35)34-16-14-29(15-17-34)12-10-20(11-13-29)26-24(25-27(30)31-18-32-28(25)33(26)2)19-4-6-21(7-5-19)36-22-8-9-22/h3-7,10,18,22H,1,8-9,11-17H2,2H3,(H2,30,31,32). The maximum absolute atomic E-state index is 12.0. The Hall–Kier alpha value is -3.61. The normalized spacial score (nSPS) is 19.4. The third kappa shape index (κ3) is 3.96. The molecule has 1 saturated carbocycles. The molecule has 2 aromatic heterocycles. The third-order valence-electron chi connectivity index (χ3n) is 8.29. The van der Waals surface area contributed by atoms with Crippen LogP contribution in [0, 0.1) is 5.41 Å². The van der Waals surface area contributed by atoms with Crippen LogP contribution in [0.2, 0.25) is 0 Å². The number of nitrogens with zero attached hydrogens (tertiary/aromatic N) is 4. The van der Waals surface area contributed by atoms with Gasteiger partial charge in [-0.05, 0) is 79.7 Å². The Balaban J connectivity index is 1.35. The summed E-state index contributed by atoms with van der Waals surface area (Å²) in [6.07, 6.45) is 13.2. The Labute approximate surface area is 211 Å². The number of piperidine rings is 1. The van der Waals surface area contributed by atoms with Gasteiger partial charge in [0.25, 0.3) is 0 Å². The number of rotatable bonds is 5. The van der Waals surface area contributed by atoms with Crippen molar-refractivity contribution < 1.29 is 9.53 Å². The van der Waals surface area contributed by atoms with Gasteiger partial charge in [0.2, 0.25) is 5.91 Å². The van der Waals surface area contributed by atoms with Crippen molar-refractivity contribution >= 4 is 28.3 Å². The highest BCUT2D eigenvalue weighted by atomic mass is 16.5. The van der Waals surface area contributed by atoms with Crippen molar-refractivity contribution in [3.8, 4) is 16.9 Å². The second kappa shape index (κ2) is 8.80. The monoisotopic (exact) mass is 483 g/mol. The van der Waals surface area contributed by atoms with Crippen molar-refractivity contribution in [3.05, 3.63) is 55.0 Å². The highest BCUT2D eigenvalue weighted by molar-refractivity contribution is 6.06. The van der Waals surface area contributed by atoms with Gasteiger partial charge in [-0.1, -0.05) is 24.8 Å². The number of likely N-dealkylation sites (tertiary alicyclic amines) is 1. The fraction of sp³-hybridized carbons (Fsp3) is 0.414. The number of aryl methyl sites for hydroxylation is 1. The molecule has 3 aliphatic rings. The molecule has 1 spiro atoms. The van der Waals surface area contributed by atoms with Crippen LogP contribution in [0.3, 0.4) is 0 Å². The molecule has 7 heteroatoms. The fourth-order valence-corrected chi connectivity index (χ4v) is 5.95. The number of nitrogen functional groups attached to an aromatic ring is 1. The number of carbonyl (C=O) groups excluding carboxylic acids is 1. The summed E-state index contributed by atoms with van der Waals surface area (Å²) in [5, 5.41) is 0.906. The molecule has 0 bridgehead atoms. The molecule has 6 rings (SSSR count). The number of allylic oxidation sites excluding steroid dienone is 2. The topological polar surface area (TPSA) is 86.3 Å². The van der Waals surface area contributed by atoms with Crippen molar-refractivity contribution in [2.24, 2.45) is 12.5 Å². The van der Waals surface area contributed by atoms with Gasteiger partial charge in [-0.2, -0.15) is 0 Å². The van der Waals surface area contributed by atoms with Crippen molar-refractivity contribution in [1.29, 1.82) is 0 Å². The van der Waals surface area contributed by atoms with E-state index >= 15 is 0 Å². The molecule has 36 heavy (non-hydrogen) atoms. The molecular formula is C29H33N5O2. The van der Waals surface area contributed by atoms with Crippen LogP contribution < -0.4 is 10.5 Å². The summed E-state index contributed by atoms with van der Waals surface area (Å²) in [5.74, 6) is 1.46. The Morgan fingerprint density at radius 2 is 1.92 bits per heavy atom. The summed E-state index contributed by atoms with van der Waals surface area (Å²) in [6.45, 7) is 5.27. The molecule has 1 aromatic carbocycles. The van der Waals surface area contributed by atoms with E-state index in [0.717, 1.165) is 85.9 Å². The summed E-state index contributed by atoms with van der Waals surface area (Å²) in [6, 6.07) is 8.36. The quantitative estimate of drug-likeness (QED) is 0.509. The van der Waals surface area contributed by atoms with Gasteiger partial charge in [-0.25, -0.2) is 9.97 Å². The maximum atomic E-state index is 12.0. The summed E-state index contributed by atoms with van der Waals surface area (Å²) in [7, 11) is 2.07. The zero-order valence-electron chi connectivity index (χ0n) is 20.9. The Kier molecular flexibility index (Phi) is 5.58. The SMILES string of the molecule is C=CC(=O)N1CCC2(CC=C(c3c(-c4ccc(OC5CC5)cc4)c4c(N)ncnc4n3C)CC2)CC1. The van der Waals surface area contributed by atoms with Gasteiger partial charge in [0.15, 0.2) is 0 Å². The average molecular weight is 484 g/mol. The van der Waals surface area contributed by atoms with Crippen LogP contribution in [0.4, 0.5) is 5.82 Å². The largest absolute Gasteiger partial charge is 0.490 e. The number of aromatic nitrogens is 3. The average Bonchev–Trinajstić information content (AvgIpc) is 3.67. The molecule has 186 valence electrons. The number of hydrogen-bond donors (Lipinski definition) is 1. The van der Waals surface area contributed by atoms with Crippen LogP contribution in [0.25, 0.3) is 27.7 Å². The van der Waals surface area contributed by atoms with E-state index in [0.29, 0.717) is 11.9 Å². The van der Waals surface area contributed by atoms with Crippen molar-refractivity contribution in [2.45, 2.75) is 51.0 Å². The van der Waals surface area contributed by atoms with Gasteiger partial charge in [0, 0.05) is 25.7 Å². The minimum atomic E-state index is 0.0456. The van der Waals surface area contributed by atoms with Gasteiger partial charge < -0.3 is 19.9 Å².